The molecule has 1 rings (SSSR count). The second kappa shape index (κ2) is 9.03. The zero-order chi connectivity index (χ0) is 15.0. The second-order valence-corrected chi connectivity index (χ2v) is 6.07. The van der Waals surface area contributed by atoms with Crippen molar-refractivity contribution in [1.82, 2.24) is 5.32 Å². The van der Waals surface area contributed by atoms with Gasteiger partial charge in [-0.15, -0.1) is 0 Å². The molecule has 0 fully saturated rings. The molecule has 1 aromatic rings. The monoisotopic (exact) mass is 295 g/mol. The first kappa shape index (κ1) is 17.1. The zero-order valence-corrected chi connectivity index (χ0v) is 13.7. The fourth-order valence-electron chi connectivity index (χ4n) is 2.12. The summed E-state index contributed by atoms with van der Waals surface area (Å²) >= 11 is 1.76. The van der Waals surface area contributed by atoms with Gasteiger partial charge >= 0.3 is 5.97 Å². The highest BCUT2D eigenvalue weighted by Gasteiger charge is 2.17. The Morgan fingerprint density at radius 2 is 1.95 bits per heavy atom. The van der Waals surface area contributed by atoms with Gasteiger partial charge in [0.2, 0.25) is 0 Å². The summed E-state index contributed by atoms with van der Waals surface area (Å²) in [6.07, 6.45) is 1.01. The van der Waals surface area contributed by atoms with E-state index in [9.17, 15) is 4.79 Å². The maximum absolute atomic E-state index is 11.7. The van der Waals surface area contributed by atoms with E-state index in [0.29, 0.717) is 0 Å². The Morgan fingerprint density at radius 1 is 1.30 bits per heavy atom. The summed E-state index contributed by atoms with van der Waals surface area (Å²) in [6.45, 7) is 7.15. The maximum atomic E-state index is 11.7. The minimum absolute atomic E-state index is 0.175. The zero-order valence-electron chi connectivity index (χ0n) is 12.9. The maximum Gasteiger partial charge on any atom is 0.323 e. The number of carbonyl (C=O) groups excluding carboxylic acids is 1. The predicted molar refractivity (Wildman–Crippen MR) is 86.2 cm³/mol. The average molecular weight is 295 g/mol. The Bertz CT molecular complexity index is 414. The average Bonchev–Trinajstić information content (AvgIpc) is 2.40. The van der Waals surface area contributed by atoms with Gasteiger partial charge < -0.3 is 10.1 Å². The number of ether oxygens (including phenoxy) is 1. The van der Waals surface area contributed by atoms with E-state index in [0.717, 1.165) is 24.5 Å². The number of methoxy groups -OCH3 is 1. The fourth-order valence-corrected chi connectivity index (χ4v) is 3.13. The molecule has 0 bridgehead atoms. The molecule has 0 saturated carbocycles. The van der Waals surface area contributed by atoms with Crippen LogP contribution in [0.4, 0.5) is 0 Å². The smallest absolute Gasteiger partial charge is 0.323 e. The van der Waals surface area contributed by atoms with Crippen LogP contribution in [0.25, 0.3) is 0 Å². The number of carbonyl (C=O) groups is 1. The van der Waals surface area contributed by atoms with Gasteiger partial charge in [-0.3, -0.25) is 4.79 Å². The first-order chi connectivity index (χ1) is 9.56. The van der Waals surface area contributed by atoms with E-state index in [4.69, 9.17) is 4.74 Å². The molecule has 1 atom stereocenters. The molecule has 0 saturated heterocycles. The Kier molecular flexibility index (Phi) is 7.70. The fraction of sp³-hybridized carbons (Fsp3) is 0.562. The van der Waals surface area contributed by atoms with Crippen LogP contribution in [-0.2, 0) is 15.3 Å². The van der Waals surface area contributed by atoms with E-state index >= 15 is 0 Å². The van der Waals surface area contributed by atoms with Crippen molar-refractivity contribution < 1.29 is 9.53 Å². The molecule has 1 N–H and O–H groups in total. The van der Waals surface area contributed by atoms with Gasteiger partial charge in [0.05, 0.1) is 7.11 Å². The standard InChI is InChI=1S/C16H25NO2S/c1-5-6-17-15(16(18)19-4)11-20-10-14-8-12(2)7-13(3)9-14/h7-9,15,17H,5-6,10-11H2,1-4H3. The molecule has 0 spiro atoms. The van der Waals surface area contributed by atoms with Crippen LogP contribution in [0.5, 0.6) is 0 Å². The van der Waals surface area contributed by atoms with Crippen LogP contribution in [0.1, 0.15) is 30.0 Å². The molecule has 3 nitrogen and oxygen atoms in total. The Labute approximate surface area is 126 Å². The molecule has 1 unspecified atom stereocenters. The topological polar surface area (TPSA) is 38.3 Å². The molecular formula is C16H25NO2S. The van der Waals surface area contributed by atoms with E-state index in [2.05, 4.69) is 44.3 Å². The predicted octanol–water partition coefficient (Wildman–Crippen LogP) is 3.08. The summed E-state index contributed by atoms with van der Waals surface area (Å²) < 4.78 is 4.84. The van der Waals surface area contributed by atoms with Gasteiger partial charge in [0.15, 0.2) is 0 Å². The van der Waals surface area contributed by atoms with Crippen LogP contribution in [0.2, 0.25) is 0 Å². The van der Waals surface area contributed by atoms with Gasteiger partial charge in [0.1, 0.15) is 6.04 Å². The molecule has 0 aliphatic rings. The van der Waals surface area contributed by atoms with Gasteiger partial charge in [0.25, 0.3) is 0 Å². The molecule has 1 aromatic carbocycles. The molecule has 0 heterocycles. The van der Waals surface area contributed by atoms with Gasteiger partial charge in [-0.25, -0.2) is 0 Å². The number of aryl methyl sites for hydroxylation is 2. The van der Waals surface area contributed by atoms with Crippen LogP contribution in [-0.4, -0.2) is 31.4 Å². The van der Waals surface area contributed by atoms with E-state index in [1.807, 2.05) is 0 Å². The number of rotatable bonds is 8. The van der Waals surface area contributed by atoms with E-state index in [-0.39, 0.29) is 12.0 Å². The Balaban J connectivity index is 2.48. The molecular weight excluding hydrogens is 270 g/mol. The number of hydrogen-bond acceptors (Lipinski definition) is 4. The van der Waals surface area contributed by atoms with Crippen molar-refractivity contribution in [2.45, 2.75) is 39.0 Å². The van der Waals surface area contributed by atoms with Crippen molar-refractivity contribution in [3.05, 3.63) is 34.9 Å². The van der Waals surface area contributed by atoms with Crippen molar-refractivity contribution in [1.29, 1.82) is 0 Å². The molecule has 0 aliphatic heterocycles. The Hall–Kier alpha value is -1.00. The summed E-state index contributed by atoms with van der Waals surface area (Å²) in [5.41, 5.74) is 3.88. The normalized spacial score (nSPS) is 12.2. The highest BCUT2D eigenvalue weighted by molar-refractivity contribution is 7.98. The van der Waals surface area contributed by atoms with Crippen LogP contribution in [0, 0.1) is 13.8 Å². The number of hydrogen-bond donors (Lipinski definition) is 1. The van der Waals surface area contributed by atoms with Crippen molar-refractivity contribution >= 4 is 17.7 Å². The molecule has 0 amide bonds. The minimum Gasteiger partial charge on any atom is -0.468 e. The summed E-state index contributed by atoms with van der Waals surface area (Å²) in [6, 6.07) is 6.36. The van der Waals surface area contributed by atoms with Gasteiger partial charge in [-0.2, -0.15) is 11.8 Å². The molecule has 0 radical (unpaired) electrons. The van der Waals surface area contributed by atoms with Gasteiger partial charge in [-0.1, -0.05) is 36.2 Å². The first-order valence-electron chi connectivity index (χ1n) is 7.03. The van der Waals surface area contributed by atoms with Crippen molar-refractivity contribution in [2.75, 3.05) is 19.4 Å². The molecule has 112 valence electrons. The lowest BCUT2D eigenvalue weighted by Crippen LogP contribution is -2.40. The molecule has 4 heteroatoms. The minimum atomic E-state index is -0.212. The van der Waals surface area contributed by atoms with Gasteiger partial charge in [0, 0.05) is 11.5 Å². The highest BCUT2D eigenvalue weighted by Crippen LogP contribution is 2.17. The van der Waals surface area contributed by atoms with Crippen molar-refractivity contribution in [2.24, 2.45) is 0 Å². The summed E-state index contributed by atoms with van der Waals surface area (Å²) in [5, 5.41) is 3.23. The number of nitrogens with one attached hydrogen (secondary N) is 1. The van der Waals surface area contributed by atoms with E-state index in [1.54, 1.807) is 11.8 Å². The van der Waals surface area contributed by atoms with E-state index in [1.165, 1.54) is 23.8 Å². The third kappa shape index (κ3) is 5.97. The number of esters is 1. The van der Waals surface area contributed by atoms with Gasteiger partial charge in [-0.05, 0) is 32.4 Å². The molecule has 0 aliphatic carbocycles. The van der Waals surface area contributed by atoms with Crippen LogP contribution < -0.4 is 5.32 Å². The lowest BCUT2D eigenvalue weighted by molar-refractivity contribution is -0.142. The molecule has 20 heavy (non-hydrogen) atoms. The third-order valence-electron chi connectivity index (χ3n) is 2.96. The molecule has 0 aromatic heterocycles. The lowest BCUT2D eigenvalue weighted by Gasteiger charge is -2.15. The lowest BCUT2D eigenvalue weighted by atomic mass is 10.1. The van der Waals surface area contributed by atoms with Crippen molar-refractivity contribution in [3.8, 4) is 0 Å². The number of benzene rings is 1. The summed E-state index contributed by atoms with van der Waals surface area (Å²) in [4.78, 5) is 11.7. The SMILES string of the molecule is CCCNC(CSCc1cc(C)cc(C)c1)C(=O)OC. The quantitative estimate of drug-likeness (QED) is 0.748. The largest absolute Gasteiger partial charge is 0.468 e. The second-order valence-electron chi connectivity index (χ2n) is 5.04. The summed E-state index contributed by atoms with van der Waals surface area (Å²) in [5.74, 6) is 1.48. The number of thioether (sulfide) groups is 1. The van der Waals surface area contributed by atoms with E-state index < -0.39 is 0 Å². The van der Waals surface area contributed by atoms with Crippen LogP contribution in [0.15, 0.2) is 18.2 Å². The van der Waals surface area contributed by atoms with Crippen LogP contribution in [0.3, 0.4) is 0 Å². The third-order valence-corrected chi connectivity index (χ3v) is 4.07. The Morgan fingerprint density at radius 3 is 2.50 bits per heavy atom. The highest BCUT2D eigenvalue weighted by atomic mass is 32.2. The van der Waals surface area contributed by atoms with Crippen LogP contribution >= 0.6 is 11.8 Å². The van der Waals surface area contributed by atoms with Crippen molar-refractivity contribution in [3.63, 3.8) is 0 Å². The first-order valence-corrected chi connectivity index (χ1v) is 8.18. The summed E-state index contributed by atoms with van der Waals surface area (Å²) in [7, 11) is 1.44.